The average molecular weight is 455 g/mol. The van der Waals surface area contributed by atoms with E-state index in [4.69, 9.17) is 28.7 Å². The van der Waals surface area contributed by atoms with Crippen LogP contribution in [0.1, 0.15) is 36.6 Å². The maximum absolute atomic E-state index is 6.11. The quantitative estimate of drug-likeness (QED) is 0.623. The van der Waals surface area contributed by atoms with Gasteiger partial charge in [-0.15, -0.1) is 0 Å². The molecule has 0 fully saturated rings. The summed E-state index contributed by atoms with van der Waals surface area (Å²) in [5.74, 6) is 3.36. The minimum atomic E-state index is 0.0383. The van der Waals surface area contributed by atoms with E-state index in [9.17, 15) is 0 Å². The van der Waals surface area contributed by atoms with Gasteiger partial charge in [0.15, 0.2) is 23.0 Å². The Balaban J connectivity index is 1.75. The summed E-state index contributed by atoms with van der Waals surface area (Å²) in [6.07, 6.45) is 1.64. The van der Waals surface area contributed by atoms with Gasteiger partial charge in [-0.1, -0.05) is 19.9 Å². The van der Waals surface area contributed by atoms with Gasteiger partial charge in [0.05, 0.1) is 40.5 Å². The summed E-state index contributed by atoms with van der Waals surface area (Å²) in [6, 6.07) is 11.2. The summed E-state index contributed by atoms with van der Waals surface area (Å²) in [7, 11) is 6.66. The van der Waals surface area contributed by atoms with Crippen molar-refractivity contribution in [3.63, 3.8) is 0 Å². The van der Waals surface area contributed by atoms with Gasteiger partial charge in [0, 0.05) is 6.54 Å². The van der Waals surface area contributed by atoms with E-state index < -0.39 is 0 Å². The fourth-order valence-electron chi connectivity index (χ4n) is 4.58. The zero-order valence-corrected chi connectivity index (χ0v) is 20.4. The molecule has 2 aliphatic rings. The fraction of sp³-hybridized carbons (Fsp3) is 0.500. The van der Waals surface area contributed by atoms with Gasteiger partial charge in [-0.05, 0) is 59.7 Å². The molecular weight excluding hydrogens is 420 g/mol. The van der Waals surface area contributed by atoms with Gasteiger partial charge in [0.2, 0.25) is 0 Å². The van der Waals surface area contributed by atoms with Gasteiger partial charge in [-0.2, -0.15) is 0 Å². The molecule has 0 aromatic heterocycles. The van der Waals surface area contributed by atoms with Crippen LogP contribution < -0.4 is 18.9 Å². The normalized spacial score (nSPS) is 19.6. The molecule has 2 atom stereocenters. The van der Waals surface area contributed by atoms with Gasteiger partial charge in [0.25, 0.3) is 6.02 Å². The lowest BCUT2D eigenvalue weighted by molar-refractivity contribution is 0.201. The number of hydrogen-bond acceptors (Lipinski definition) is 7. The topological polar surface area (TPSA) is 61.8 Å². The molecule has 2 aliphatic heterocycles. The number of hydrogen-bond donors (Lipinski definition) is 0. The zero-order valence-electron chi connectivity index (χ0n) is 20.4. The number of ether oxygens (including phenoxy) is 5. The minimum Gasteiger partial charge on any atom is -0.493 e. The summed E-state index contributed by atoms with van der Waals surface area (Å²) >= 11 is 0. The Hall–Kier alpha value is -3.09. The molecule has 0 saturated heterocycles. The Kier molecular flexibility index (Phi) is 6.86. The second-order valence-corrected chi connectivity index (χ2v) is 8.79. The lowest BCUT2D eigenvalue weighted by atomic mass is 9.88. The number of nitrogens with zero attached hydrogens (tertiary/aromatic N) is 2. The number of amidine groups is 1. The highest BCUT2D eigenvalue weighted by molar-refractivity contribution is 5.77. The van der Waals surface area contributed by atoms with Gasteiger partial charge in [0.1, 0.15) is 6.61 Å². The molecule has 0 saturated carbocycles. The van der Waals surface area contributed by atoms with Crippen LogP contribution in [0.25, 0.3) is 0 Å². The molecule has 2 heterocycles. The molecule has 33 heavy (non-hydrogen) atoms. The molecule has 2 aromatic rings. The van der Waals surface area contributed by atoms with Gasteiger partial charge in [-0.25, -0.2) is 4.99 Å². The van der Waals surface area contributed by atoms with E-state index in [0.717, 1.165) is 54.0 Å². The minimum absolute atomic E-state index is 0.0383. The van der Waals surface area contributed by atoms with E-state index in [1.165, 1.54) is 11.1 Å². The molecule has 4 rings (SSSR count). The lowest BCUT2D eigenvalue weighted by Gasteiger charge is -2.38. The van der Waals surface area contributed by atoms with Gasteiger partial charge < -0.3 is 28.6 Å². The van der Waals surface area contributed by atoms with Crippen LogP contribution in [0, 0.1) is 5.92 Å². The van der Waals surface area contributed by atoms with Gasteiger partial charge >= 0.3 is 0 Å². The van der Waals surface area contributed by atoms with Crippen molar-refractivity contribution in [1.29, 1.82) is 0 Å². The fourth-order valence-corrected chi connectivity index (χ4v) is 4.58. The van der Waals surface area contributed by atoms with Crippen LogP contribution in [0.3, 0.4) is 0 Å². The van der Waals surface area contributed by atoms with E-state index in [2.05, 4.69) is 36.9 Å². The van der Waals surface area contributed by atoms with Crippen molar-refractivity contribution < 1.29 is 23.7 Å². The van der Waals surface area contributed by atoms with Gasteiger partial charge in [-0.3, -0.25) is 0 Å². The second kappa shape index (κ2) is 9.81. The Morgan fingerprint density at radius 1 is 0.939 bits per heavy atom. The van der Waals surface area contributed by atoms with Crippen LogP contribution in [-0.4, -0.2) is 58.6 Å². The first kappa shape index (κ1) is 23.1. The zero-order chi connectivity index (χ0) is 23.5. The summed E-state index contributed by atoms with van der Waals surface area (Å²) in [6.45, 7) is 5.82. The first-order chi connectivity index (χ1) is 16.0. The van der Waals surface area contributed by atoms with E-state index >= 15 is 0 Å². The first-order valence-electron chi connectivity index (χ1n) is 11.4. The number of methoxy groups -OCH3 is 4. The summed E-state index contributed by atoms with van der Waals surface area (Å²) in [5, 5.41) is 0. The highest BCUT2D eigenvalue weighted by Gasteiger charge is 2.35. The van der Waals surface area contributed by atoms with E-state index in [-0.39, 0.29) is 12.1 Å². The van der Waals surface area contributed by atoms with Crippen molar-refractivity contribution in [1.82, 2.24) is 4.90 Å². The van der Waals surface area contributed by atoms with Crippen molar-refractivity contribution in [3.8, 4) is 23.0 Å². The maximum atomic E-state index is 6.11. The SMILES string of the molecule is COc1ccc(C[C@H]2c3cc(OC)c(OC)cc3CCN2C2=N[C@@H](C(C)C)CO2)cc1OC. The third-order valence-corrected chi connectivity index (χ3v) is 6.55. The molecular formula is C26H34N2O5. The second-order valence-electron chi connectivity index (χ2n) is 8.79. The molecule has 0 spiro atoms. The van der Waals surface area contributed by atoms with Crippen LogP contribution in [0.4, 0.5) is 0 Å². The van der Waals surface area contributed by atoms with Crippen LogP contribution in [0.2, 0.25) is 0 Å². The van der Waals surface area contributed by atoms with Crippen molar-refractivity contribution >= 4 is 6.02 Å². The number of fused-ring (bicyclic) bond motifs is 1. The standard InChI is InChI=1S/C26H34N2O5/c1-16(2)20-15-33-26(27-20)28-10-9-18-13-24(31-5)25(32-6)14-19(18)21(28)11-17-7-8-22(29-3)23(12-17)30-4/h7-8,12-14,16,20-21H,9-11,15H2,1-6H3/t20-,21+/m1/s1. The van der Waals surface area contributed by atoms with E-state index in [1.54, 1.807) is 28.4 Å². The van der Waals surface area contributed by atoms with Crippen LogP contribution in [-0.2, 0) is 17.6 Å². The van der Waals surface area contributed by atoms with E-state index in [1.807, 2.05) is 12.1 Å². The summed E-state index contributed by atoms with van der Waals surface area (Å²) in [4.78, 5) is 7.23. The third kappa shape index (κ3) is 4.54. The predicted octanol–water partition coefficient (Wildman–Crippen LogP) is 4.27. The molecule has 0 radical (unpaired) electrons. The van der Waals surface area contributed by atoms with Crippen molar-refractivity contribution in [2.75, 3.05) is 41.6 Å². The molecule has 0 bridgehead atoms. The number of benzene rings is 2. The molecule has 0 N–H and O–H groups in total. The maximum Gasteiger partial charge on any atom is 0.288 e. The highest BCUT2D eigenvalue weighted by atomic mass is 16.5. The smallest absolute Gasteiger partial charge is 0.288 e. The van der Waals surface area contributed by atoms with Crippen LogP contribution in [0.5, 0.6) is 23.0 Å². The highest BCUT2D eigenvalue weighted by Crippen LogP contribution is 2.41. The van der Waals surface area contributed by atoms with Crippen LogP contribution in [0.15, 0.2) is 35.3 Å². The average Bonchev–Trinajstić information content (AvgIpc) is 3.33. The third-order valence-electron chi connectivity index (χ3n) is 6.55. The Labute approximate surface area is 196 Å². The Morgan fingerprint density at radius 2 is 1.61 bits per heavy atom. The Bertz CT molecular complexity index is 1020. The molecule has 0 amide bonds. The van der Waals surface area contributed by atoms with Crippen LogP contribution >= 0.6 is 0 Å². The lowest BCUT2D eigenvalue weighted by Crippen LogP contribution is -2.41. The molecule has 0 aliphatic carbocycles. The predicted molar refractivity (Wildman–Crippen MR) is 128 cm³/mol. The molecule has 0 unspecified atom stereocenters. The largest absolute Gasteiger partial charge is 0.493 e. The number of aliphatic imine (C=N–C) groups is 1. The number of rotatable bonds is 7. The summed E-state index contributed by atoms with van der Waals surface area (Å²) < 4.78 is 28.3. The monoisotopic (exact) mass is 454 g/mol. The van der Waals surface area contributed by atoms with Crippen molar-refractivity contribution in [2.45, 2.75) is 38.8 Å². The molecule has 7 nitrogen and oxygen atoms in total. The van der Waals surface area contributed by atoms with E-state index in [0.29, 0.717) is 12.5 Å². The van der Waals surface area contributed by atoms with Crippen molar-refractivity contribution in [3.05, 3.63) is 47.0 Å². The summed E-state index contributed by atoms with van der Waals surface area (Å²) in [5.41, 5.74) is 3.60. The molecule has 7 heteroatoms. The molecule has 2 aromatic carbocycles. The van der Waals surface area contributed by atoms with Crippen molar-refractivity contribution in [2.24, 2.45) is 10.9 Å². The Morgan fingerprint density at radius 3 is 2.24 bits per heavy atom. The first-order valence-corrected chi connectivity index (χ1v) is 11.4. The molecule has 178 valence electrons.